The molecule has 1 aliphatic rings. The Morgan fingerprint density at radius 2 is 1.15 bits per heavy atom. The number of nitrogens with zero attached hydrogens (tertiary/aromatic N) is 2. The summed E-state index contributed by atoms with van der Waals surface area (Å²) in [4.78, 5) is 77.1. The fraction of sp³-hybridized carbons (Fsp3) is 0.486. The molecule has 53 heavy (non-hydrogen) atoms. The highest BCUT2D eigenvalue weighted by atomic mass is 16.8. The molecule has 5 N–H and O–H groups in total. The van der Waals surface area contributed by atoms with E-state index in [-0.39, 0.29) is 19.5 Å². The molecule has 18 heteroatoms. The van der Waals surface area contributed by atoms with E-state index in [2.05, 4.69) is 4.74 Å². The number of hydrogen-bond donors (Lipinski definition) is 5. The molecule has 1 fully saturated rings. The summed E-state index contributed by atoms with van der Waals surface area (Å²) in [5.74, 6) is -3.01. The summed E-state index contributed by atoms with van der Waals surface area (Å²) < 4.78 is 14.7. The Kier molecular flexibility index (Phi) is 19.1. The smallest absolute Gasteiger partial charge is 0.480 e. The number of imide groups is 1. The van der Waals surface area contributed by atoms with Crippen LogP contribution in [-0.2, 0) is 56.2 Å². The molecule has 0 aliphatic carbocycles. The van der Waals surface area contributed by atoms with Crippen LogP contribution in [0.5, 0.6) is 0 Å². The van der Waals surface area contributed by atoms with Crippen molar-refractivity contribution in [3.05, 3.63) is 71.8 Å². The third-order valence-corrected chi connectivity index (χ3v) is 6.27. The van der Waals surface area contributed by atoms with Crippen LogP contribution < -0.4 is 5.32 Å². The maximum absolute atomic E-state index is 11.9. The Morgan fingerprint density at radius 3 is 1.42 bits per heavy atom. The topological polar surface area (TPSA) is 248 Å². The molecule has 0 aromatic heterocycles. The first kappa shape index (κ1) is 45.9. The van der Waals surface area contributed by atoms with Gasteiger partial charge in [-0.15, -0.1) is 10.1 Å². The van der Waals surface area contributed by atoms with Gasteiger partial charge in [-0.1, -0.05) is 60.7 Å². The lowest BCUT2D eigenvalue weighted by Crippen LogP contribution is -2.45. The highest BCUT2D eigenvalue weighted by Gasteiger charge is 2.33. The summed E-state index contributed by atoms with van der Waals surface area (Å²) in [6.07, 6.45) is -3.18. The fourth-order valence-electron chi connectivity index (χ4n) is 3.92. The van der Waals surface area contributed by atoms with E-state index < -0.39 is 78.7 Å². The van der Waals surface area contributed by atoms with Crippen molar-refractivity contribution in [1.29, 1.82) is 0 Å². The van der Waals surface area contributed by atoms with E-state index in [1.807, 2.05) is 29.6 Å². The molecule has 1 aliphatic heterocycles. The number of amides is 2. The second-order valence-electron chi connectivity index (χ2n) is 13.1. The average molecular weight is 752 g/mol. The van der Waals surface area contributed by atoms with E-state index in [1.165, 1.54) is 7.11 Å². The molecule has 0 saturated carbocycles. The fourth-order valence-corrected chi connectivity index (χ4v) is 3.92. The van der Waals surface area contributed by atoms with E-state index in [0.29, 0.717) is 0 Å². The molecular weight excluding hydrogens is 702 g/mol. The first-order valence-corrected chi connectivity index (χ1v) is 16.2. The first-order chi connectivity index (χ1) is 24.7. The molecular formula is C35H49N3O15. The third-order valence-electron chi connectivity index (χ3n) is 6.27. The number of rotatable bonds is 12. The Labute approximate surface area is 307 Å². The van der Waals surface area contributed by atoms with Gasteiger partial charge in [0.15, 0.2) is 12.1 Å². The number of aliphatic carboxylic acids is 1. The second-order valence-corrected chi connectivity index (χ2v) is 13.1. The molecule has 1 saturated heterocycles. The summed E-state index contributed by atoms with van der Waals surface area (Å²) >= 11 is 0. The Hall–Kier alpha value is -5.14. The van der Waals surface area contributed by atoms with Crippen molar-refractivity contribution in [2.24, 2.45) is 0 Å². The van der Waals surface area contributed by atoms with Gasteiger partial charge in [0.1, 0.15) is 17.3 Å². The molecule has 2 aromatic rings. The molecule has 1 heterocycles. The maximum Gasteiger partial charge on any atom is 0.528 e. The van der Waals surface area contributed by atoms with Crippen molar-refractivity contribution in [3.63, 3.8) is 0 Å². The lowest BCUT2D eigenvalue weighted by atomic mass is 10.2. The molecule has 294 valence electrons. The largest absolute Gasteiger partial charge is 0.528 e. The van der Waals surface area contributed by atoms with E-state index in [1.54, 1.807) is 77.9 Å². The monoisotopic (exact) mass is 751 g/mol. The Balaban J connectivity index is 0.000000438. The van der Waals surface area contributed by atoms with Gasteiger partial charge >= 0.3 is 24.2 Å². The van der Waals surface area contributed by atoms with Crippen molar-refractivity contribution >= 4 is 36.1 Å². The van der Waals surface area contributed by atoms with Crippen LogP contribution in [0.4, 0.5) is 9.59 Å². The molecule has 0 bridgehead atoms. The summed E-state index contributed by atoms with van der Waals surface area (Å²) in [6.45, 7) is 8.91. The minimum absolute atomic E-state index is 0.0115. The number of carbonyl (C=O) groups is 6. The van der Waals surface area contributed by atoms with Gasteiger partial charge < -0.3 is 44.3 Å². The van der Waals surface area contributed by atoms with Crippen molar-refractivity contribution < 1.29 is 73.1 Å². The zero-order valence-corrected chi connectivity index (χ0v) is 30.7. The number of aliphatic hydroxyl groups excluding tert-OH is 3. The van der Waals surface area contributed by atoms with Crippen LogP contribution in [-0.4, -0.2) is 116 Å². The lowest BCUT2D eigenvalue weighted by Gasteiger charge is -2.28. The van der Waals surface area contributed by atoms with Gasteiger partial charge in [0.25, 0.3) is 5.91 Å². The number of carbonyl (C=O) groups excluding carboxylic acids is 5. The molecule has 0 spiro atoms. The Bertz CT molecular complexity index is 1480. The van der Waals surface area contributed by atoms with Crippen LogP contribution in [0, 0.1) is 0 Å². The number of aliphatic hydroxyl groups is 3. The zero-order valence-electron chi connectivity index (χ0n) is 30.7. The molecule has 18 nitrogen and oxygen atoms in total. The zero-order chi connectivity index (χ0) is 40.4. The standard InChI is InChI=1S/C16H23NO6.C15H21NO6.C4H5NO3/c1-16(2,3)22-15(20)23-17(13(11-18)14(19)21-4)10-12-8-6-5-7-9-12;1-15(2,3)21-14(20)22-16(12(10-17)13(18)19)9-11-7-5-4-6-8-11;6-2-1-3(7)5-4(2)8/h5-9,13,18H,10-11H2,1-4H3;4-8,12,17H,9-10H2,1-3H3,(H,18,19);2,6H,1H2,(H,5,7,8)/t13-;12-;/m00./s1. The predicted octanol–water partition coefficient (Wildman–Crippen LogP) is 2.08. The minimum atomic E-state index is -1.38. The number of ether oxygens (including phenoxy) is 3. The average Bonchev–Trinajstić information content (AvgIpc) is 3.34. The number of carboxylic acids is 1. The number of esters is 1. The minimum Gasteiger partial charge on any atom is -0.480 e. The number of benzene rings is 2. The molecule has 1 unspecified atom stereocenters. The lowest BCUT2D eigenvalue weighted by molar-refractivity contribution is -0.195. The van der Waals surface area contributed by atoms with Crippen molar-refractivity contribution in [2.45, 2.75) is 90.4 Å². The van der Waals surface area contributed by atoms with E-state index >= 15 is 0 Å². The summed E-state index contributed by atoms with van der Waals surface area (Å²) in [5, 5.41) is 40.2. The van der Waals surface area contributed by atoms with Gasteiger partial charge in [0.2, 0.25) is 5.91 Å². The van der Waals surface area contributed by atoms with Gasteiger partial charge in [-0.2, -0.15) is 0 Å². The number of methoxy groups -OCH3 is 1. The molecule has 2 aromatic carbocycles. The number of hydrogen-bond acceptors (Lipinski definition) is 16. The van der Waals surface area contributed by atoms with Crippen molar-refractivity contribution in [3.8, 4) is 0 Å². The highest BCUT2D eigenvalue weighted by molar-refractivity contribution is 6.04. The number of hydroxylamine groups is 4. The summed E-state index contributed by atoms with van der Waals surface area (Å²) in [5.41, 5.74) is 0.00675. The van der Waals surface area contributed by atoms with Crippen LogP contribution in [0.1, 0.15) is 59.1 Å². The van der Waals surface area contributed by atoms with Gasteiger partial charge in [-0.3, -0.25) is 24.5 Å². The van der Waals surface area contributed by atoms with E-state index in [4.69, 9.17) is 29.4 Å². The molecule has 3 atom stereocenters. The predicted molar refractivity (Wildman–Crippen MR) is 184 cm³/mol. The van der Waals surface area contributed by atoms with Crippen LogP contribution >= 0.6 is 0 Å². The quantitative estimate of drug-likeness (QED) is 0.0901. The summed E-state index contributed by atoms with van der Waals surface area (Å²) in [7, 11) is 1.19. The first-order valence-electron chi connectivity index (χ1n) is 16.2. The van der Waals surface area contributed by atoms with E-state index in [9.17, 15) is 39.0 Å². The maximum atomic E-state index is 11.9. The third kappa shape index (κ3) is 18.8. The molecule has 3 rings (SSSR count). The van der Waals surface area contributed by atoms with Crippen LogP contribution in [0.15, 0.2) is 60.7 Å². The van der Waals surface area contributed by atoms with Crippen LogP contribution in [0.25, 0.3) is 0 Å². The SMILES string of the molecule is CC(C)(C)OC(=O)ON(Cc1ccccc1)[C@@H](CO)C(=O)O.COC(=O)[C@H](CO)N(Cc1ccccc1)OC(=O)OC(C)(C)C.O=C1CC(O)C(=O)N1. The van der Waals surface area contributed by atoms with Crippen LogP contribution in [0.3, 0.4) is 0 Å². The molecule has 0 radical (unpaired) electrons. The highest BCUT2D eigenvalue weighted by Crippen LogP contribution is 2.16. The molecule has 2 amide bonds. The second kappa shape index (κ2) is 22.0. The van der Waals surface area contributed by atoms with Gasteiger partial charge in [-0.25, -0.2) is 9.59 Å². The van der Waals surface area contributed by atoms with Gasteiger partial charge in [0, 0.05) is 0 Å². The Morgan fingerprint density at radius 1 is 0.755 bits per heavy atom. The number of carboxylic acid groups (broad SMARTS) is 1. The van der Waals surface area contributed by atoms with Crippen molar-refractivity contribution in [1.82, 2.24) is 15.4 Å². The van der Waals surface area contributed by atoms with Gasteiger partial charge in [0.05, 0.1) is 39.8 Å². The normalized spacial score (nSPS) is 15.1. The van der Waals surface area contributed by atoms with Crippen LogP contribution in [0.2, 0.25) is 0 Å². The van der Waals surface area contributed by atoms with E-state index in [0.717, 1.165) is 21.3 Å². The van der Waals surface area contributed by atoms with Crippen molar-refractivity contribution in [2.75, 3.05) is 20.3 Å². The summed E-state index contributed by atoms with van der Waals surface area (Å²) in [6, 6.07) is 15.4. The number of nitrogens with one attached hydrogen (secondary N) is 1. The van der Waals surface area contributed by atoms with Gasteiger partial charge in [-0.05, 0) is 52.7 Å².